The molecule has 0 spiro atoms. The van der Waals surface area contributed by atoms with Crippen LogP contribution >= 0.6 is 0 Å². The standard InChI is InChI=1S/C15H20FN3O2/c16-13-8-4-3-7-12(13)9-18-14(20)10-21-19-15(17)11-5-1-2-6-11/h3-4,7-8,11H,1-2,5-6,9-10H2,(H2,17,19)(H,18,20). The van der Waals surface area contributed by atoms with Crippen molar-refractivity contribution in [1.82, 2.24) is 5.32 Å². The largest absolute Gasteiger partial charge is 0.384 e. The van der Waals surface area contributed by atoms with Gasteiger partial charge in [-0.1, -0.05) is 36.2 Å². The zero-order valence-electron chi connectivity index (χ0n) is 11.8. The van der Waals surface area contributed by atoms with Crippen LogP contribution in [0, 0.1) is 11.7 Å². The van der Waals surface area contributed by atoms with Crippen LogP contribution in [0.2, 0.25) is 0 Å². The van der Waals surface area contributed by atoms with Gasteiger partial charge in [0, 0.05) is 18.0 Å². The maximum absolute atomic E-state index is 13.3. The lowest BCUT2D eigenvalue weighted by Gasteiger charge is -2.08. The van der Waals surface area contributed by atoms with Crippen LogP contribution in [0.1, 0.15) is 31.2 Å². The van der Waals surface area contributed by atoms with Crippen LogP contribution in [-0.2, 0) is 16.2 Å². The summed E-state index contributed by atoms with van der Waals surface area (Å²) in [6, 6.07) is 6.29. The molecule has 6 heteroatoms. The molecule has 1 aliphatic rings. The van der Waals surface area contributed by atoms with Gasteiger partial charge in [-0.15, -0.1) is 0 Å². The van der Waals surface area contributed by atoms with Crippen LogP contribution in [0.15, 0.2) is 29.4 Å². The Morgan fingerprint density at radius 2 is 2.10 bits per heavy atom. The Morgan fingerprint density at radius 1 is 1.38 bits per heavy atom. The molecule has 1 amide bonds. The summed E-state index contributed by atoms with van der Waals surface area (Å²) >= 11 is 0. The third kappa shape index (κ3) is 4.73. The highest BCUT2D eigenvalue weighted by atomic mass is 19.1. The number of nitrogens with two attached hydrogens (primary N) is 1. The number of hydrogen-bond acceptors (Lipinski definition) is 3. The lowest BCUT2D eigenvalue weighted by atomic mass is 10.1. The summed E-state index contributed by atoms with van der Waals surface area (Å²) in [6.45, 7) is -0.0987. The number of nitrogens with one attached hydrogen (secondary N) is 1. The van der Waals surface area contributed by atoms with Gasteiger partial charge in [-0.2, -0.15) is 0 Å². The fraction of sp³-hybridized carbons (Fsp3) is 0.467. The van der Waals surface area contributed by atoms with Gasteiger partial charge in [0.25, 0.3) is 5.91 Å². The SMILES string of the molecule is N/C(=N\OCC(=O)NCc1ccccc1F)C1CCCC1. The second kappa shape index (κ2) is 7.61. The molecule has 1 fully saturated rings. The van der Waals surface area contributed by atoms with Gasteiger partial charge in [0.2, 0.25) is 0 Å². The maximum atomic E-state index is 13.3. The second-order valence-corrected chi connectivity index (χ2v) is 5.14. The van der Waals surface area contributed by atoms with Crippen LogP contribution in [-0.4, -0.2) is 18.3 Å². The Kier molecular flexibility index (Phi) is 5.54. The lowest BCUT2D eigenvalue weighted by molar-refractivity contribution is -0.125. The molecule has 0 atom stereocenters. The van der Waals surface area contributed by atoms with Crippen LogP contribution < -0.4 is 11.1 Å². The molecular formula is C15H20FN3O2. The lowest BCUT2D eigenvalue weighted by Crippen LogP contribution is -2.28. The van der Waals surface area contributed by atoms with E-state index in [4.69, 9.17) is 10.6 Å². The number of rotatable bonds is 6. The number of hydrogen-bond donors (Lipinski definition) is 2. The molecule has 0 bridgehead atoms. The third-order valence-electron chi connectivity index (χ3n) is 3.57. The molecule has 3 N–H and O–H groups in total. The first kappa shape index (κ1) is 15.3. The summed E-state index contributed by atoms with van der Waals surface area (Å²) in [5, 5.41) is 6.35. The highest BCUT2D eigenvalue weighted by Gasteiger charge is 2.19. The molecule has 0 saturated heterocycles. The second-order valence-electron chi connectivity index (χ2n) is 5.14. The molecule has 0 aromatic heterocycles. The summed E-state index contributed by atoms with van der Waals surface area (Å²) < 4.78 is 13.3. The minimum atomic E-state index is -0.360. The quantitative estimate of drug-likeness (QED) is 0.478. The normalized spacial score (nSPS) is 16.0. The predicted molar refractivity (Wildman–Crippen MR) is 77.8 cm³/mol. The number of halogens is 1. The van der Waals surface area contributed by atoms with E-state index in [-0.39, 0.29) is 30.8 Å². The Morgan fingerprint density at radius 3 is 2.81 bits per heavy atom. The van der Waals surface area contributed by atoms with Crippen molar-refractivity contribution < 1.29 is 14.0 Å². The molecule has 1 aromatic rings. The molecule has 1 saturated carbocycles. The van der Waals surface area contributed by atoms with Crippen molar-refractivity contribution in [3.63, 3.8) is 0 Å². The van der Waals surface area contributed by atoms with Crippen LogP contribution in [0.4, 0.5) is 4.39 Å². The number of oxime groups is 1. The van der Waals surface area contributed by atoms with Crippen molar-refractivity contribution >= 4 is 11.7 Å². The molecule has 0 aliphatic heterocycles. The fourth-order valence-electron chi connectivity index (χ4n) is 2.35. The van der Waals surface area contributed by atoms with Crippen molar-refractivity contribution in [2.24, 2.45) is 16.8 Å². The summed E-state index contributed by atoms with van der Waals surface area (Å²) in [6.07, 6.45) is 4.37. The Balaban J connectivity index is 1.70. The van der Waals surface area contributed by atoms with Crippen LogP contribution in [0.3, 0.4) is 0 Å². The molecular weight excluding hydrogens is 273 g/mol. The molecule has 1 aliphatic carbocycles. The topological polar surface area (TPSA) is 76.7 Å². The summed E-state index contributed by atoms with van der Waals surface area (Å²) in [7, 11) is 0. The molecule has 0 heterocycles. The Labute approximate surface area is 123 Å². The van der Waals surface area contributed by atoms with E-state index in [2.05, 4.69) is 10.5 Å². The number of benzene rings is 1. The highest BCUT2D eigenvalue weighted by Crippen LogP contribution is 2.24. The molecule has 0 radical (unpaired) electrons. The predicted octanol–water partition coefficient (Wildman–Crippen LogP) is 1.92. The van der Waals surface area contributed by atoms with Gasteiger partial charge in [-0.25, -0.2) is 4.39 Å². The summed E-state index contributed by atoms with van der Waals surface area (Å²) in [4.78, 5) is 16.5. The van der Waals surface area contributed by atoms with Crippen LogP contribution in [0.25, 0.3) is 0 Å². The average Bonchev–Trinajstić information content (AvgIpc) is 3.00. The van der Waals surface area contributed by atoms with Gasteiger partial charge in [0.15, 0.2) is 6.61 Å². The van der Waals surface area contributed by atoms with Crippen molar-refractivity contribution in [3.8, 4) is 0 Å². The third-order valence-corrected chi connectivity index (χ3v) is 3.57. The van der Waals surface area contributed by atoms with Gasteiger partial charge >= 0.3 is 0 Å². The molecule has 0 unspecified atom stereocenters. The summed E-state index contributed by atoms with van der Waals surface area (Å²) in [5.41, 5.74) is 6.22. The molecule has 5 nitrogen and oxygen atoms in total. The number of amidine groups is 1. The van der Waals surface area contributed by atoms with Gasteiger partial charge in [0.05, 0.1) is 0 Å². The van der Waals surface area contributed by atoms with E-state index in [9.17, 15) is 9.18 Å². The maximum Gasteiger partial charge on any atom is 0.261 e. The van der Waals surface area contributed by atoms with Gasteiger partial charge in [-0.3, -0.25) is 4.79 Å². The van der Waals surface area contributed by atoms with E-state index < -0.39 is 0 Å². The number of amides is 1. The van der Waals surface area contributed by atoms with Crippen molar-refractivity contribution in [2.75, 3.05) is 6.61 Å². The van der Waals surface area contributed by atoms with E-state index in [1.807, 2.05) is 0 Å². The monoisotopic (exact) mass is 293 g/mol. The minimum Gasteiger partial charge on any atom is -0.384 e. The first-order valence-electron chi connectivity index (χ1n) is 7.12. The number of nitrogens with zero attached hydrogens (tertiary/aromatic N) is 1. The minimum absolute atomic E-state index is 0.122. The zero-order chi connectivity index (χ0) is 15.1. The van der Waals surface area contributed by atoms with E-state index in [1.165, 1.54) is 6.07 Å². The average molecular weight is 293 g/mol. The number of carbonyl (C=O) groups excluding carboxylic acids is 1. The van der Waals surface area contributed by atoms with Crippen molar-refractivity contribution in [3.05, 3.63) is 35.6 Å². The summed E-state index contributed by atoms with van der Waals surface area (Å²) in [5.74, 6) is 0.0179. The van der Waals surface area contributed by atoms with E-state index in [1.54, 1.807) is 18.2 Å². The first-order chi connectivity index (χ1) is 10.2. The zero-order valence-corrected chi connectivity index (χ0v) is 11.8. The highest BCUT2D eigenvalue weighted by molar-refractivity contribution is 5.82. The van der Waals surface area contributed by atoms with E-state index >= 15 is 0 Å². The molecule has 21 heavy (non-hydrogen) atoms. The van der Waals surface area contributed by atoms with Gasteiger partial charge in [0.1, 0.15) is 11.7 Å². The van der Waals surface area contributed by atoms with Crippen molar-refractivity contribution in [1.29, 1.82) is 0 Å². The number of carbonyl (C=O) groups is 1. The van der Waals surface area contributed by atoms with E-state index in [0.717, 1.165) is 25.7 Å². The Hall–Kier alpha value is -2.11. The molecule has 114 valence electrons. The van der Waals surface area contributed by atoms with Crippen molar-refractivity contribution in [2.45, 2.75) is 32.2 Å². The fourth-order valence-corrected chi connectivity index (χ4v) is 2.35. The Bertz CT molecular complexity index is 513. The molecule has 1 aromatic carbocycles. The van der Waals surface area contributed by atoms with Gasteiger partial charge < -0.3 is 15.9 Å². The molecule has 2 rings (SSSR count). The van der Waals surface area contributed by atoms with Gasteiger partial charge in [-0.05, 0) is 18.9 Å². The van der Waals surface area contributed by atoms with Crippen LogP contribution in [0.5, 0.6) is 0 Å². The first-order valence-corrected chi connectivity index (χ1v) is 7.12. The van der Waals surface area contributed by atoms with E-state index in [0.29, 0.717) is 11.4 Å². The smallest absolute Gasteiger partial charge is 0.261 e.